The smallest absolute Gasteiger partial charge is 0.350 e. The van der Waals surface area contributed by atoms with Crippen LogP contribution < -0.4 is 26.4 Å². The summed E-state index contributed by atoms with van der Waals surface area (Å²) in [7, 11) is -4.34. The van der Waals surface area contributed by atoms with E-state index in [2.05, 4.69) is 15.5 Å². The van der Waals surface area contributed by atoms with Crippen LogP contribution in [0, 0.1) is 0 Å². The van der Waals surface area contributed by atoms with Gasteiger partial charge in [0.25, 0.3) is 11.8 Å². The monoisotopic (exact) mass is 478 g/mol. The number of hydrazine groups is 1. The summed E-state index contributed by atoms with van der Waals surface area (Å²) in [5, 5.41) is 16.4. The fraction of sp³-hybridized carbons (Fsp3) is 0.385. The molecule has 0 saturated carbocycles. The summed E-state index contributed by atoms with van der Waals surface area (Å²) >= 11 is 0.973. The molecular formula is C13H18N8O8S2. The van der Waals surface area contributed by atoms with Gasteiger partial charge in [-0.3, -0.25) is 20.3 Å². The Morgan fingerprint density at radius 1 is 1.42 bits per heavy atom. The number of hydrogen-bond acceptors (Lipinski definition) is 12. The number of anilines is 1. The third-order valence-electron chi connectivity index (χ3n) is 3.72. The zero-order valence-electron chi connectivity index (χ0n) is 16.0. The Hall–Kier alpha value is -3.35. The van der Waals surface area contributed by atoms with Gasteiger partial charge in [-0.1, -0.05) is 5.16 Å². The van der Waals surface area contributed by atoms with Crippen LogP contribution in [0.2, 0.25) is 0 Å². The van der Waals surface area contributed by atoms with E-state index in [0.717, 1.165) is 11.3 Å². The number of aromatic nitrogens is 1. The van der Waals surface area contributed by atoms with Crippen molar-refractivity contribution in [3.05, 3.63) is 11.1 Å². The molecule has 1 saturated heterocycles. The van der Waals surface area contributed by atoms with E-state index in [1.165, 1.54) is 28.8 Å². The number of nitrogens with two attached hydrogens (primary N) is 2. The van der Waals surface area contributed by atoms with Gasteiger partial charge in [-0.2, -0.15) is 8.42 Å². The van der Waals surface area contributed by atoms with E-state index in [1.54, 1.807) is 0 Å². The van der Waals surface area contributed by atoms with E-state index in [9.17, 15) is 27.6 Å². The molecule has 1 aromatic heterocycles. The lowest BCUT2D eigenvalue weighted by Gasteiger charge is -2.36. The zero-order valence-corrected chi connectivity index (χ0v) is 17.6. The molecule has 1 fully saturated rings. The highest BCUT2D eigenvalue weighted by molar-refractivity contribution is 7.88. The molecule has 31 heavy (non-hydrogen) atoms. The van der Waals surface area contributed by atoms with E-state index in [-0.39, 0.29) is 17.4 Å². The number of β-lactam (4-membered cyclic amide) rings is 1. The number of nitrogens with one attached hydrogen (secondary N) is 3. The van der Waals surface area contributed by atoms with Gasteiger partial charge in [0.15, 0.2) is 10.8 Å². The van der Waals surface area contributed by atoms with E-state index in [0.29, 0.717) is 4.90 Å². The average Bonchev–Trinajstić information content (AvgIpc) is 3.09. The molecule has 0 bridgehead atoms. The summed E-state index contributed by atoms with van der Waals surface area (Å²) < 4.78 is 23.9. The molecule has 0 aliphatic carbocycles. The molecule has 1 aliphatic rings. The number of thiazole rings is 1. The highest BCUT2D eigenvalue weighted by atomic mass is 32.2. The quantitative estimate of drug-likeness (QED) is 0.0953. The van der Waals surface area contributed by atoms with Gasteiger partial charge in [0.1, 0.15) is 11.7 Å². The summed E-state index contributed by atoms with van der Waals surface area (Å²) in [5.41, 5.74) is 3.25. The topological polar surface area (TPSA) is 248 Å². The molecule has 0 aromatic carbocycles. The Kier molecular flexibility index (Phi) is 6.79. The van der Waals surface area contributed by atoms with Gasteiger partial charge in [-0.15, -0.1) is 16.2 Å². The number of rotatable bonds is 8. The molecular weight excluding hydrogens is 460 g/mol. The number of carbonyl (C=O) groups is 4. The van der Waals surface area contributed by atoms with Crippen LogP contribution >= 0.6 is 11.3 Å². The molecule has 0 unspecified atom stereocenters. The molecule has 0 spiro atoms. The van der Waals surface area contributed by atoms with E-state index in [4.69, 9.17) is 21.5 Å². The molecule has 2 rings (SSSR count). The number of carboxylic acids is 1. The number of carboxylic acid groups (broad SMARTS) is 1. The number of amides is 4. The third kappa shape index (κ3) is 5.63. The number of carbonyl (C=O) groups excluding carboxylic acids is 3. The largest absolute Gasteiger partial charge is 0.478 e. The molecule has 1 aromatic rings. The summed E-state index contributed by atoms with van der Waals surface area (Å²) in [6.07, 6.45) is 0. The van der Waals surface area contributed by atoms with Crippen LogP contribution in [0.1, 0.15) is 19.5 Å². The lowest BCUT2D eigenvalue weighted by molar-refractivity contribution is -0.161. The van der Waals surface area contributed by atoms with Crippen LogP contribution in [0.5, 0.6) is 0 Å². The lowest BCUT2D eigenvalue weighted by Crippen LogP contribution is -2.68. The first-order valence-corrected chi connectivity index (χ1v) is 10.5. The molecule has 0 radical (unpaired) electrons. The molecule has 16 nitrogen and oxygen atoms in total. The van der Waals surface area contributed by atoms with Gasteiger partial charge < -0.3 is 21.0 Å². The number of imide groups is 1. The fourth-order valence-corrected chi connectivity index (χ4v) is 2.89. The fourth-order valence-electron chi connectivity index (χ4n) is 1.94. The van der Waals surface area contributed by atoms with Crippen molar-refractivity contribution in [2.45, 2.75) is 25.5 Å². The second-order valence-electron chi connectivity index (χ2n) is 6.42. The van der Waals surface area contributed by atoms with Crippen LogP contribution in [0.25, 0.3) is 0 Å². The van der Waals surface area contributed by atoms with Gasteiger partial charge in [0, 0.05) is 5.38 Å². The minimum absolute atomic E-state index is 0.0392. The maximum Gasteiger partial charge on any atom is 0.350 e. The van der Waals surface area contributed by atoms with Gasteiger partial charge >= 0.3 is 22.2 Å². The molecule has 8 N–H and O–H groups in total. The van der Waals surface area contributed by atoms with Crippen LogP contribution in [-0.4, -0.2) is 71.1 Å². The van der Waals surface area contributed by atoms with Gasteiger partial charge in [-0.25, -0.2) is 19.3 Å². The normalized spacial score (nSPS) is 17.0. The van der Waals surface area contributed by atoms with Crippen LogP contribution in [-0.2, 0) is 29.4 Å². The third-order valence-corrected chi connectivity index (χ3v) is 5.14. The Bertz CT molecular complexity index is 1050. The minimum Gasteiger partial charge on any atom is -0.478 e. The first kappa shape index (κ1) is 23.9. The summed E-state index contributed by atoms with van der Waals surface area (Å²) in [6.45, 7) is 2.03. The summed E-state index contributed by atoms with van der Waals surface area (Å²) in [5.74, 6) is 1.48. The standard InChI is InChI=1S/C13H18N8O8S2/c1-13(2,10(24)25)29-18-7(6-4-30-11(14)17-6)8(22)16-5-3-21(9(5)23)12(26)19-31(27,28)20-15/h4-5,20H,3,15H2,1-2H3,(H2,14,17)(H,16,22)(H,19,26)(H,24,25)/t5-/m0/s1. The minimum atomic E-state index is -4.34. The predicted molar refractivity (Wildman–Crippen MR) is 104 cm³/mol. The molecule has 170 valence electrons. The highest BCUT2D eigenvalue weighted by Gasteiger charge is 2.43. The van der Waals surface area contributed by atoms with Crippen molar-refractivity contribution in [2.75, 3.05) is 12.3 Å². The van der Waals surface area contributed by atoms with Crippen molar-refractivity contribution in [1.29, 1.82) is 0 Å². The summed E-state index contributed by atoms with van der Waals surface area (Å²) in [4.78, 5) is 58.3. The van der Waals surface area contributed by atoms with Crippen molar-refractivity contribution < 1.29 is 37.5 Å². The Morgan fingerprint density at radius 2 is 2.06 bits per heavy atom. The Balaban J connectivity index is 2.12. The van der Waals surface area contributed by atoms with Crippen molar-refractivity contribution in [1.82, 2.24) is 24.8 Å². The number of oxime groups is 1. The predicted octanol–water partition coefficient (Wildman–Crippen LogP) is -2.95. The Labute approximate surface area is 178 Å². The molecule has 1 atom stereocenters. The maximum atomic E-state index is 12.6. The van der Waals surface area contributed by atoms with Crippen LogP contribution in [0.4, 0.5) is 9.93 Å². The number of hydrogen-bond donors (Lipinski definition) is 6. The summed E-state index contributed by atoms with van der Waals surface area (Å²) in [6, 6.07) is -2.47. The first-order chi connectivity index (χ1) is 14.3. The SMILES string of the molecule is CC(C)(ON=C(C(=O)N[C@H]1CN(C(=O)NS(=O)(=O)NN)C1=O)c1csc(N)n1)C(=O)O. The number of nitrogen functional groups attached to an aromatic ring is 1. The van der Waals surface area contributed by atoms with Gasteiger partial charge in [-0.05, 0) is 13.8 Å². The van der Waals surface area contributed by atoms with Gasteiger partial charge in [0.2, 0.25) is 5.60 Å². The zero-order chi connectivity index (χ0) is 23.6. The number of nitrogens with zero attached hydrogens (tertiary/aromatic N) is 3. The Morgan fingerprint density at radius 3 is 2.55 bits per heavy atom. The van der Waals surface area contributed by atoms with E-state index < -0.39 is 51.4 Å². The van der Waals surface area contributed by atoms with E-state index >= 15 is 0 Å². The molecule has 18 heteroatoms. The average molecular weight is 478 g/mol. The van der Waals surface area contributed by atoms with Gasteiger partial charge in [0.05, 0.1) is 6.54 Å². The second kappa shape index (κ2) is 8.79. The molecule has 2 heterocycles. The first-order valence-electron chi connectivity index (χ1n) is 8.14. The lowest BCUT2D eigenvalue weighted by atomic mass is 10.1. The van der Waals surface area contributed by atoms with Crippen LogP contribution in [0.3, 0.4) is 0 Å². The number of likely N-dealkylation sites (tertiary alicyclic amines) is 1. The number of aliphatic carboxylic acids is 1. The van der Waals surface area contributed by atoms with Crippen molar-refractivity contribution in [3.63, 3.8) is 0 Å². The second-order valence-corrected chi connectivity index (χ2v) is 8.76. The molecule has 4 amide bonds. The van der Waals surface area contributed by atoms with Crippen LogP contribution in [0.15, 0.2) is 10.5 Å². The van der Waals surface area contributed by atoms with E-state index in [1.807, 2.05) is 0 Å². The van der Waals surface area contributed by atoms with Crippen molar-refractivity contribution >= 4 is 56.2 Å². The van der Waals surface area contributed by atoms with Crippen molar-refractivity contribution in [3.8, 4) is 0 Å². The van der Waals surface area contributed by atoms with Crippen molar-refractivity contribution in [2.24, 2.45) is 11.0 Å². The number of urea groups is 1. The highest BCUT2D eigenvalue weighted by Crippen LogP contribution is 2.16. The maximum absolute atomic E-state index is 12.6. The molecule has 1 aliphatic heterocycles.